The maximum Gasteiger partial charge on any atom is 0.321 e. The number of rotatable bonds is 5. The number of aromatic nitrogens is 1. The molecule has 1 atom stereocenters. The van der Waals surface area contributed by atoms with Gasteiger partial charge in [0.2, 0.25) is 0 Å². The maximum absolute atomic E-state index is 12.2. The predicted octanol–water partition coefficient (Wildman–Crippen LogP) is 3.08. The highest BCUT2D eigenvalue weighted by Gasteiger charge is 2.21. The van der Waals surface area contributed by atoms with E-state index in [0.717, 1.165) is 31.6 Å². The Morgan fingerprint density at radius 1 is 1.42 bits per heavy atom. The van der Waals surface area contributed by atoms with E-state index >= 15 is 0 Å². The molecule has 2 aromatic rings. The van der Waals surface area contributed by atoms with Gasteiger partial charge in [-0.05, 0) is 25.0 Å². The number of para-hydroxylation sites is 1. The lowest BCUT2D eigenvalue weighted by atomic mass is 10.1. The molecule has 1 fully saturated rings. The van der Waals surface area contributed by atoms with E-state index in [2.05, 4.69) is 32.7 Å². The highest BCUT2D eigenvalue weighted by molar-refractivity contribution is 7.13. The summed E-state index contributed by atoms with van der Waals surface area (Å²) in [4.78, 5) is 18.8. The first kappa shape index (κ1) is 16.7. The molecule has 2 heterocycles. The monoisotopic (exact) mass is 346 g/mol. The van der Waals surface area contributed by atoms with Crippen LogP contribution < -0.4 is 15.5 Å². The zero-order valence-corrected chi connectivity index (χ0v) is 14.5. The van der Waals surface area contributed by atoms with Crippen molar-refractivity contribution in [2.75, 3.05) is 30.4 Å². The van der Waals surface area contributed by atoms with Crippen molar-refractivity contribution in [2.45, 2.75) is 25.5 Å². The summed E-state index contributed by atoms with van der Waals surface area (Å²) in [5.74, 6) is 0. The molecule has 6 nitrogen and oxygen atoms in total. The molecular weight excluding hydrogens is 324 g/mol. The van der Waals surface area contributed by atoms with Gasteiger partial charge in [0.05, 0.1) is 12.3 Å². The van der Waals surface area contributed by atoms with Crippen molar-refractivity contribution >= 4 is 28.2 Å². The lowest BCUT2D eigenvalue weighted by Crippen LogP contribution is -2.49. The van der Waals surface area contributed by atoms with E-state index < -0.39 is 0 Å². The summed E-state index contributed by atoms with van der Waals surface area (Å²) in [5.41, 5.74) is 2.03. The van der Waals surface area contributed by atoms with Crippen LogP contribution in [0.1, 0.15) is 18.5 Å². The van der Waals surface area contributed by atoms with Crippen LogP contribution in [0, 0.1) is 0 Å². The number of ether oxygens (including phenoxy) is 1. The van der Waals surface area contributed by atoms with Gasteiger partial charge in [-0.25, -0.2) is 9.78 Å². The molecule has 0 radical (unpaired) electrons. The fourth-order valence-corrected chi connectivity index (χ4v) is 3.56. The van der Waals surface area contributed by atoms with Gasteiger partial charge in [-0.1, -0.05) is 18.2 Å². The molecular formula is C17H22N4O2S. The van der Waals surface area contributed by atoms with Crippen LogP contribution in [0.15, 0.2) is 35.7 Å². The van der Waals surface area contributed by atoms with Gasteiger partial charge in [-0.15, -0.1) is 11.3 Å². The Morgan fingerprint density at radius 3 is 3.04 bits per heavy atom. The third-order valence-corrected chi connectivity index (χ3v) is 4.75. The quantitative estimate of drug-likeness (QED) is 0.873. The van der Waals surface area contributed by atoms with Crippen molar-refractivity contribution in [2.24, 2.45) is 0 Å². The van der Waals surface area contributed by atoms with E-state index in [0.29, 0.717) is 11.7 Å². The number of hydrogen-bond donors (Lipinski definition) is 2. The van der Waals surface area contributed by atoms with Crippen LogP contribution in [-0.2, 0) is 11.3 Å². The second kappa shape index (κ2) is 8.12. The third kappa shape index (κ3) is 4.46. The number of carbonyl (C=O) groups is 1. The van der Waals surface area contributed by atoms with E-state index in [1.54, 1.807) is 7.11 Å². The number of nitrogens with one attached hydrogen (secondary N) is 2. The van der Waals surface area contributed by atoms with Crippen LogP contribution in [0.3, 0.4) is 0 Å². The average molecular weight is 346 g/mol. The van der Waals surface area contributed by atoms with Crippen LogP contribution in [0.25, 0.3) is 0 Å². The van der Waals surface area contributed by atoms with Gasteiger partial charge in [-0.3, -0.25) is 5.32 Å². The van der Waals surface area contributed by atoms with Crippen LogP contribution in [0.2, 0.25) is 0 Å². The number of benzene rings is 1. The molecule has 128 valence electrons. The SMILES string of the molecule is COCc1csc(NC(=O)NC2CCCN(c3ccccc3)C2)n1. The highest BCUT2D eigenvalue weighted by Crippen LogP contribution is 2.20. The van der Waals surface area contributed by atoms with Gasteiger partial charge in [0.1, 0.15) is 0 Å². The topological polar surface area (TPSA) is 66.5 Å². The minimum Gasteiger partial charge on any atom is -0.378 e. The zero-order valence-electron chi connectivity index (χ0n) is 13.7. The summed E-state index contributed by atoms with van der Waals surface area (Å²) in [7, 11) is 1.63. The van der Waals surface area contributed by atoms with Crippen LogP contribution >= 0.6 is 11.3 Å². The highest BCUT2D eigenvalue weighted by atomic mass is 32.1. The Kier molecular flexibility index (Phi) is 5.66. The zero-order chi connectivity index (χ0) is 16.8. The Hall–Kier alpha value is -2.12. The summed E-state index contributed by atoms with van der Waals surface area (Å²) in [6, 6.07) is 10.2. The predicted molar refractivity (Wildman–Crippen MR) is 96.7 cm³/mol. The normalized spacial score (nSPS) is 17.5. The Labute approximate surface area is 145 Å². The molecule has 0 saturated carbocycles. The van der Waals surface area contributed by atoms with E-state index in [1.165, 1.54) is 17.0 Å². The minimum atomic E-state index is -0.201. The van der Waals surface area contributed by atoms with E-state index in [4.69, 9.17) is 4.74 Å². The summed E-state index contributed by atoms with van der Waals surface area (Å²) in [5, 5.41) is 8.34. The second-order valence-electron chi connectivity index (χ2n) is 5.80. The lowest BCUT2D eigenvalue weighted by Gasteiger charge is -2.34. The number of nitrogens with zero attached hydrogens (tertiary/aromatic N) is 2. The molecule has 0 bridgehead atoms. The third-order valence-electron chi connectivity index (χ3n) is 3.94. The summed E-state index contributed by atoms with van der Waals surface area (Å²) >= 11 is 1.40. The van der Waals surface area contributed by atoms with Crippen LogP contribution in [0.5, 0.6) is 0 Å². The number of thiazole rings is 1. The number of anilines is 2. The van der Waals surface area contributed by atoms with Gasteiger partial charge in [-0.2, -0.15) is 0 Å². The largest absolute Gasteiger partial charge is 0.378 e. The second-order valence-corrected chi connectivity index (χ2v) is 6.65. The molecule has 0 spiro atoms. The molecule has 7 heteroatoms. The minimum absolute atomic E-state index is 0.136. The van der Waals surface area contributed by atoms with Gasteiger partial charge in [0.25, 0.3) is 0 Å². The Morgan fingerprint density at radius 2 is 2.25 bits per heavy atom. The molecule has 2 amide bonds. The molecule has 1 aliphatic rings. The number of hydrogen-bond acceptors (Lipinski definition) is 5. The fourth-order valence-electron chi connectivity index (χ4n) is 2.87. The van der Waals surface area contributed by atoms with Gasteiger partial charge >= 0.3 is 6.03 Å². The Balaban J connectivity index is 1.52. The molecule has 0 aliphatic carbocycles. The molecule has 24 heavy (non-hydrogen) atoms. The van der Waals surface area contributed by atoms with Gasteiger partial charge in [0, 0.05) is 37.3 Å². The van der Waals surface area contributed by atoms with E-state index in [-0.39, 0.29) is 12.1 Å². The number of piperidine rings is 1. The van der Waals surface area contributed by atoms with Gasteiger partial charge < -0.3 is 15.0 Å². The molecule has 1 aromatic heterocycles. The van der Waals surface area contributed by atoms with Crippen LogP contribution in [0.4, 0.5) is 15.6 Å². The maximum atomic E-state index is 12.2. The molecule has 1 unspecified atom stereocenters. The van der Waals surface area contributed by atoms with E-state index in [1.807, 2.05) is 23.6 Å². The number of urea groups is 1. The first-order chi connectivity index (χ1) is 11.7. The van der Waals surface area contributed by atoms with Crippen molar-refractivity contribution in [3.05, 3.63) is 41.4 Å². The van der Waals surface area contributed by atoms with Crippen molar-refractivity contribution in [3.63, 3.8) is 0 Å². The number of methoxy groups -OCH3 is 1. The summed E-state index contributed by atoms with van der Waals surface area (Å²) in [6.07, 6.45) is 2.05. The Bertz CT molecular complexity index is 662. The van der Waals surface area contributed by atoms with Crippen molar-refractivity contribution in [1.29, 1.82) is 0 Å². The lowest BCUT2D eigenvalue weighted by molar-refractivity contribution is 0.182. The van der Waals surface area contributed by atoms with Gasteiger partial charge in [0.15, 0.2) is 5.13 Å². The first-order valence-electron chi connectivity index (χ1n) is 8.05. The molecule has 1 aliphatic heterocycles. The number of carbonyl (C=O) groups excluding carboxylic acids is 1. The average Bonchev–Trinajstić information content (AvgIpc) is 3.03. The van der Waals surface area contributed by atoms with E-state index in [9.17, 15) is 4.79 Å². The van der Waals surface area contributed by atoms with Crippen LogP contribution in [-0.4, -0.2) is 37.3 Å². The molecule has 1 aromatic carbocycles. The summed E-state index contributed by atoms with van der Waals surface area (Å²) < 4.78 is 5.03. The van der Waals surface area contributed by atoms with Crippen molar-refractivity contribution in [3.8, 4) is 0 Å². The summed E-state index contributed by atoms with van der Waals surface area (Å²) in [6.45, 7) is 2.30. The molecule has 1 saturated heterocycles. The first-order valence-corrected chi connectivity index (χ1v) is 8.93. The van der Waals surface area contributed by atoms with Crippen molar-refractivity contribution in [1.82, 2.24) is 10.3 Å². The molecule has 2 N–H and O–H groups in total. The number of amides is 2. The standard InChI is InChI=1S/C17H22N4O2S/c1-23-11-14-12-24-17(19-14)20-16(22)18-13-6-5-9-21(10-13)15-7-3-2-4-8-15/h2-4,7-8,12-13H,5-6,9-11H2,1H3,(H2,18,19,20,22). The fraction of sp³-hybridized carbons (Fsp3) is 0.412. The smallest absolute Gasteiger partial charge is 0.321 e. The van der Waals surface area contributed by atoms with Crippen molar-refractivity contribution < 1.29 is 9.53 Å². The molecule has 3 rings (SSSR count).